The molecule has 0 aromatic heterocycles. The molecule has 3 rings (SSSR count). The third kappa shape index (κ3) is 6.34. The van der Waals surface area contributed by atoms with E-state index in [9.17, 15) is 20.0 Å². The molecule has 1 heterocycles. The van der Waals surface area contributed by atoms with Gasteiger partial charge in [0.15, 0.2) is 11.5 Å². The van der Waals surface area contributed by atoms with Crippen LogP contribution in [0.1, 0.15) is 43.9 Å². The Bertz CT molecular complexity index is 1290. The lowest BCUT2D eigenvalue weighted by Gasteiger charge is -2.13. The van der Waals surface area contributed by atoms with Crippen LogP contribution < -0.4 is 9.47 Å². The van der Waals surface area contributed by atoms with Gasteiger partial charge in [0.25, 0.3) is 0 Å². The number of ether oxygens (including phenoxy) is 3. The van der Waals surface area contributed by atoms with Crippen molar-refractivity contribution in [3.8, 4) is 17.6 Å². The summed E-state index contributed by atoms with van der Waals surface area (Å²) in [4.78, 5) is 28.6. The fourth-order valence-corrected chi connectivity index (χ4v) is 4.28. The monoisotopic (exact) mass is 506 g/mol. The maximum Gasteiger partial charge on any atom is 0.344 e. The number of nitriles is 1. The van der Waals surface area contributed by atoms with E-state index in [2.05, 4.69) is 11.1 Å². The van der Waals surface area contributed by atoms with E-state index in [4.69, 9.17) is 14.2 Å². The summed E-state index contributed by atoms with van der Waals surface area (Å²) in [5.74, 6) is -0.481. The first-order valence-corrected chi connectivity index (χ1v) is 12.2. The Morgan fingerprint density at radius 3 is 2.56 bits per heavy atom. The van der Waals surface area contributed by atoms with Crippen molar-refractivity contribution in [2.75, 3.05) is 13.2 Å². The van der Waals surface area contributed by atoms with E-state index in [-0.39, 0.29) is 36.0 Å². The summed E-state index contributed by atoms with van der Waals surface area (Å²) in [6, 6.07) is 14.6. The number of amides is 1. The second-order valence-electron chi connectivity index (χ2n) is 7.42. The van der Waals surface area contributed by atoms with Gasteiger partial charge in [-0.3, -0.25) is 4.79 Å². The van der Waals surface area contributed by atoms with Gasteiger partial charge in [-0.25, -0.2) is 9.79 Å². The molecule has 36 heavy (non-hydrogen) atoms. The number of nitrogens with zero attached hydrogens (tertiary/aromatic N) is 2. The zero-order valence-electron chi connectivity index (χ0n) is 20.2. The first-order chi connectivity index (χ1) is 17.4. The number of aliphatic hydroxyl groups excluding tert-OH is 1. The van der Waals surface area contributed by atoms with E-state index in [1.54, 1.807) is 50.3 Å². The molecule has 0 unspecified atom stereocenters. The van der Waals surface area contributed by atoms with Crippen molar-refractivity contribution in [1.29, 1.82) is 5.26 Å². The third-order valence-corrected chi connectivity index (χ3v) is 6.01. The van der Waals surface area contributed by atoms with Crippen molar-refractivity contribution >= 4 is 34.8 Å². The number of rotatable bonds is 9. The largest absolute Gasteiger partial charge is 0.506 e. The molecule has 1 amide bonds. The zero-order chi connectivity index (χ0) is 26.1. The summed E-state index contributed by atoms with van der Waals surface area (Å²) in [7, 11) is 0. The van der Waals surface area contributed by atoms with Crippen molar-refractivity contribution in [2.45, 2.75) is 33.8 Å². The summed E-state index contributed by atoms with van der Waals surface area (Å²) in [5, 5.41) is 20.2. The predicted octanol–water partition coefficient (Wildman–Crippen LogP) is 5.33. The van der Waals surface area contributed by atoms with E-state index in [0.717, 1.165) is 17.3 Å². The van der Waals surface area contributed by atoms with E-state index in [1.165, 1.54) is 0 Å². The van der Waals surface area contributed by atoms with Crippen LogP contribution in [-0.2, 0) is 20.9 Å². The van der Waals surface area contributed by atoms with Gasteiger partial charge in [-0.15, -0.1) is 0 Å². The summed E-state index contributed by atoms with van der Waals surface area (Å²) in [6.45, 7) is 5.87. The van der Waals surface area contributed by atoms with E-state index < -0.39 is 11.9 Å². The number of carbonyl (C=O) groups is 2. The van der Waals surface area contributed by atoms with E-state index in [1.807, 2.05) is 19.1 Å². The number of hydrogen-bond acceptors (Lipinski definition) is 8. The van der Waals surface area contributed by atoms with Crippen LogP contribution in [0.5, 0.6) is 11.5 Å². The Hall–Kier alpha value is -4.03. The summed E-state index contributed by atoms with van der Waals surface area (Å²) in [6.07, 6.45) is 1.83. The van der Waals surface area contributed by atoms with Crippen molar-refractivity contribution in [1.82, 2.24) is 0 Å². The average molecular weight is 507 g/mol. The third-order valence-electron chi connectivity index (χ3n) is 4.99. The second kappa shape index (κ2) is 12.6. The molecule has 0 aliphatic carbocycles. The molecule has 0 atom stereocenters. The van der Waals surface area contributed by atoms with Gasteiger partial charge >= 0.3 is 5.97 Å². The van der Waals surface area contributed by atoms with Crippen LogP contribution in [0.2, 0.25) is 0 Å². The van der Waals surface area contributed by atoms with Crippen LogP contribution in [0, 0.1) is 11.3 Å². The standard InChI is InChI=1S/C27H26N2O6S/c1-4-23(30)29-26-24(27(32)34-6-3)25(31)22(36-26)14-17-11-12-20(21(13-17)33-5-2)35-16-19-10-8-7-9-18(19)15-28/h7-14,31H,4-6,16H2,1-3H3/b22-14-,29-26?. The van der Waals surface area contributed by atoms with E-state index >= 15 is 0 Å². The van der Waals surface area contributed by atoms with Gasteiger partial charge < -0.3 is 19.3 Å². The Morgan fingerprint density at radius 1 is 1.08 bits per heavy atom. The highest BCUT2D eigenvalue weighted by Crippen LogP contribution is 2.40. The Balaban J connectivity index is 1.92. The number of thioether (sulfide) groups is 1. The molecule has 0 spiro atoms. The SMILES string of the molecule is CCOC(=O)C1=C(O)/C(=C/c2ccc(OCc3ccccc3C#N)c(OCC)c2)SC1=NC(=O)CC. The Morgan fingerprint density at radius 2 is 1.86 bits per heavy atom. The number of carbonyl (C=O) groups excluding carboxylic acids is 2. The first-order valence-electron chi connectivity index (χ1n) is 11.4. The van der Waals surface area contributed by atoms with Crippen molar-refractivity contribution in [3.63, 3.8) is 0 Å². The van der Waals surface area contributed by atoms with E-state index in [0.29, 0.717) is 34.1 Å². The molecule has 9 heteroatoms. The van der Waals surface area contributed by atoms with Crippen LogP contribution in [0.25, 0.3) is 6.08 Å². The molecule has 2 aromatic rings. The second-order valence-corrected chi connectivity index (χ2v) is 8.45. The summed E-state index contributed by atoms with van der Waals surface area (Å²) >= 11 is 1.02. The maximum absolute atomic E-state index is 12.4. The minimum Gasteiger partial charge on any atom is -0.506 e. The summed E-state index contributed by atoms with van der Waals surface area (Å²) < 4.78 is 16.7. The summed E-state index contributed by atoms with van der Waals surface area (Å²) in [5.41, 5.74) is 1.83. The predicted molar refractivity (Wildman–Crippen MR) is 138 cm³/mol. The van der Waals surface area contributed by atoms with Gasteiger partial charge in [0.2, 0.25) is 5.91 Å². The lowest BCUT2D eigenvalue weighted by atomic mass is 10.1. The van der Waals surface area contributed by atoms with Gasteiger partial charge in [-0.2, -0.15) is 5.26 Å². The van der Waals surface area contributed by atoms with Crippen LogP contribution in [0.15, 0.2) is 63.7 Å². The van der Waals surface area contributed by atoms with Crippen molar-refractivity contribution in [2.24, 2.45) is 4.99 Å². The highest BCUT2D eigenvalue weighted by molar-refractivity contribution is 8.18. The van der Waals surface area contributed by atoms with Gasteiger partial charge in [-0.05, 0) is 43.7 Å². The molecule has 0 fully saturated rings. The molecule has 1 aliphatic heterocycles. The molecule has 8 nitrogen and oxygen atoms in total. The van der Waals surface area contributed by atoms with Gasteiger partial charge in [0.1, 0.15) is 23.0 Å². The number of aliphatic hydroxyl groups is 1. The minimum absolute atomic E-state index is 0.102. The highest BCUT2D eigenvalue weighted by Gasteiger charge is 2.33. The fourth-order valence-electron chi connectivity index (χ4n) is 3.25. The lowest BCUT2D eigenvalue weighted by Crippen LogP contribution is -2.14. The molecular weight excluding hydrogens is 480 g/mol. The van der Waals surface area contributed by atoms with Crippen molar-refractivity contribution in [3.05, 3.63) is 75.4 Å². The fraction of sp³-hybridized carbons (Fsp3) is 0.259. The minimum atomic E-state index is -0.745. The maximum atomic E-state index is 12.4. The molecule has 1 aliphatic rings. The Kier molecular flexibility index (Phi) is 9.31. The quantitative estimate of drug-likeness (QED) is 0.453. The van der Waals surface area contributed by atoms with Crippen LogP contribution in [0.3, 0.4) is 0 Å². The van der Waals surface area contributed by atoms with Gasteiger partial charge in [-0.1, -0.05) is 43.0 Å². The van der Waals surface area contributed by atoms with Crippen LogP contribution >= 0.6 is 11.8 Å². The zero-order valence-corrected chi connectivity index (χ0v) is 21.1. The lowest BCUT2D eigenvalue weighted by molar-refractivity contribution is -0.138. The van der Waals surface area contributed by atoms with Gasteiger partial charge in [0.05, 0.1) is 29.8 Å². The number of benzene rings is 2. The number of esters is 1. The topological polar surface area (TPSA) is 118 Å². The molecule has 2 aromatic carbocycles. The van der Waals surface area contributed by atoms with Gasteiger partial charge in [0, 0.05) is 12.0 Å². The molecular formula is C27H26N2O6S. The molecule has 186 valence electrons. The number of hydrogen-bond donors (Lipinski definition) is 1. The smallest absolute Gasteiger partial charge is 0.344 e. The normalized spacial score (nSPS) is 15.2. The first kappa shape index (κ1) is 26.6. The molecule has 0 radical (unpaired) electrons. The molecule has 0 bridgehead atoms. The van der Waals surface area contributed by atoms with Crippen molar-refractivity contribution < 1.29 is 28.9 Å². The number of aliphatic imine (C=N–C) groups is 1. The van der Waals surface area contributed by atoms with Crippen LogP contribution in [-0.4, -0.2) is 35.2 Å². The average Bonchev–Trinajstić information content (AvgIpc) is 3.18. The molecule has 1 N–H and O–H groups in total. The highest BCUT2D eigenvalue weighted by atomic mass is 32.2. The van der Waals surface area contributed by atoms with Crippen LogP contribution in [0.4, 0.5) is 0 Å². The Labute approximate surface area is 213 Å². The molecule has 0 saturated heterocycles. The molecule has 0 saturated carbocycles.